The number of rotatable bonds is 5. The zero-order valence-electron chi connectivity index (χ0n) is 15.8. The molecule has 3 aromatic rings. The third-order valence-corrected chi connectivity index (χ3v) is 5.00. The molecule has 4 rings (SSSR count). The third kappa shape index (κ3) is 3.74. The van der Waals surface area contributed by atoms with Crippen LogP contribution in [-0.4, -0.2) is 24.5 Å². The molecule has 1 aliphatic rings. The Bertz CT molecular complexity index is 1130. The number of amides is 2. The maximum absolute atomic E-state index is 13.8. The molecule has 7 heteroatoms. The smallest absolute Gasteiger partial charge is 0.254 e. The second-order valence-corrected chi connectivity index (χ2v) is 6.99. The Labute approximate surface area is 171 Å². The first-order chi connectivity index (χ1) is 14.4. The van der Waals surface area contributed by atoms with Crippen molar-refractivity contribution in [2.45, 2.75) is 12.5 Å². The molecule has 30 heavy (non-hydrogen) atoms. The van der Waals surface area contributed by atoms with Crippen LogP contribution in [0.15, 0.2) is 60.7 Å². The van der Waals surface area contributed by atoms with Crippen LogP contribution in [0, 0.1) is 11.6 Å². The standard InChI is InChI=1S/C23H18F2N2O3/c24-19-6-2-5-18(20(19)25)23(29)27-12-16-11-15-3-1-4-17(21(15)30-16)13-7-9-14(10-8-13)22(26)28/h1-10,16H,11-12H2,(H2,26,28)(H,27,29). The van der Waals surface area contributed by atoms with Gasteiger partial charge in [-0.25, -0.2) is 8.78 Å². The summed E-state index contributed by atoms with van der Waals surface area (Å²) in [5.41, 5.74) is 8.05. The molecule has 0 spiro atoms. The lowest BCUT2D eigenvalue weighted by molar-refractivity contribution is 0.0927. The lowest BCUT2D eigenvalue weighted by atomic mass is 9.99. The number of primary amides is 1. The summed E-state index contributed by atoms with van der Waals surface area (Å²) in [6, 6.07) is 16.1. The van der Waals surface area contributed by atoms with E-state index in [1.165, 1.54) is 12.1 Å². The number of hydrogen-bond acceptors (Lipinski definition) is 3. The summed E-state index contributed by atoms with van der Waals surface area (Å²) in [5.74, 6) is -2.75. The van der Waals surface area contributed by atoms with Crippen LogP contribution in [0.5, 0.6) is 5.75 Å². The highest BCUT2D eigenvalue weighted by Crippen LogP contribution is 2.38. The van der Waals surface area contributed by atoms with Crippen molar-refractivity contribution in [1.82, 2.24) is 5.32 Å². The van der Waals surface area contributed by atoms with E-state index in [1.54, 1.807) is 24.3 Å². The van der Waals surface area contributed by atoms with Crippen molar-refractivity contribution >= 4 is 11.8 Å². The summed E-state index contributed by atoms with van der Waals surface area (Å²) in [5, 5.41) is 2.60. The molecular formula is C23H18F2N2O3. The van der Waals surface area contributed by atoms with E-state index in [9.17, 15) is 18.4 Å². The molecule has 5 nitrogen and oxygen atoms in total. The minimum atomic E-state index is -1.17. The SMILES string of the molecule is NC(=O)c1ccc(-c2cccc3c2OC(CNC(=O)c2cccc(F)c2F)C3)cc1. The quantitative estimate of drug-likeness (QED) is 0.678. The number of ether oxygens (including phenoxy) is 1. The van der Waals surface area contributed by atoms with Crippen molar-refractivity contribution in [2.24, 2.45) is 5.73 Å². The van der Waals surface area contributed by atoms with Crippen molar-refractivity contribution in [3.63, 3.8) is 0 Å². The highest BCUT2D eigenvalue weighted by Gasteiger charge is 2.26. The first-order valence-electron chi connectivity index (χ1n) is 9.35. The maximum atomic E-state index is 13.8. The van der Waals surface area contributed by atoms with Crippen LogP contribution in [-0.2, 0) is 6.42 Å². The van der Waals surface area contributed by atoms with Gasteiger partial charge in [-0.15, -0.1) is 0 Å². The number of halogens is 2. The molecule has 0 fully saturated rings. The van der Waals surface area contributed by atoms with Gasteiger partial charge in [-0.05, 0) is 35.4 Å². The average Bonchev–Trinajstić information content (AvgIpc) is 3.17. The summed E-state index contributed by atoms with van der Waals surface area (Å²) in [6.45, 7) is 0.142. The van der Waals surface area contributed by atoms with E-state index in [-0.39, 0.29) is 18.2 Å². The van der Waals surface area contributed by atoms with Crippen LogP contribution in [0.4, 0.5) is 8.78 Å². The van der Waals surface area contributed by atoms with Crippen LogP contribution in [0.25, 0.3) is 11.1 Å². The average molecular weight is 408 g/mol. The van der Waals surface area contributed by atoms with E-state index in [0.717, 1.165) is 22.8 Å². The predicted octanol–water partition coefficient (Wildman–Crippen LogP) is 3.46. The second-order valence-electron chi connectivity index (χ2n) is 6.99. The van der Waals surface area contributed by atoms with Gasteiger partial charge in [0.2, 0.25) is 5.91 Å². The predicted molar refractivity (Wildman–Crippen MR) is 107 cm³/mol. The van der Waals surface area contributed by atoms with Gasteiger partial charge in [0, 0.05) is 17.5 Å². The zero-order chi connectivity index (χ0) is 21.3. The Morgan fingerprint density at radius 2 is 1.77 bits per heavy atom. The van der Waals surface area contributed by atoms with Crippen LogP contribution in [0.3, 0.4) is 0 Å². The highest BCUT2D eigenvalue weighted by atomic mass is 19.2. The molecule has 3 aromatic carbocycles. The van der Waals surface area contributed by atoms with E-state index in [2.05, 4.69) is 5.32 Å². The number of fused-ring (bicyclic) bond motifs is 1. The minimum absolute atomic E-state index is 0.142. The fourth-order valence-electron chi connectivity index (χ4n) is 3.47. The molecule has 1 aliphatic heterocycles. The molecule has 0 bridgehead atoms. The van der Waals surface area contributed by atoms with E-state index < -0.39 is 23.4 Å². The van der Waals surface area contributed by atoms with Crippen molar-refractivity contribution in [3.8, 4) is 16.9 Å². The first-order valence-corrected chi connectivity index (χ1v) is 9.35. The van der Waals surface area contributed by atoms with E-state index >= 15 is 0 Å². The van der Waals surface area contributed by atoms with Gasteiger partial charge >= 0.3 is 0 Å². The highest BCUT2D eigenvalue weighted by molar-refractivity contribution is 5.94. The molecule has 0 aromatic heterocycles. The molecule has 2 amide bonds. The van der Waals surface area contributed by atoms with Gasteiger partial charge in [0.25, 0.3) is 5.91 Å². The summed E-state index contributed by atoms with van der Waals surface area (Å²) in [7, 11) is 0. The van der Waals surface area contributed by atoms with Gasteiger partial charge in [0.1, 0.15) is 11.9 Å². The number of para-hydroxylation sites is 1. The first kappa shape index (κ1) is 19.6. The number of carbonyl (C=O) groups is 2. The van der Waals surface area contributed by atoms with Crippen molar-refractivity contribution < 1.29 is 23.1 Å². The summed E-state index contributed by atoms with van der Waals surface area (Å²) < 4.78 is 33.2. The normalized spacial score (nSPS) is 14.7. The van der Waals surface area contributed by atoms with Gasteiger partial charge in [-0.3, -0.25) is 9.59 Å². The van der Waals surface area contributed by atoms with Crippen LogP contribution in [0.1, 0.15) is 26.3 Å². The molecule has 0 radical (unpaired) electrons. The maximum Gasteiger partial charge on any atom is 0.254 e. The van der Waals surface area contributed by atoms with Crippen molar-refractivity contribution in [2.75, 3.05) is 6.54 Å². The number of nitrogens with two attached hydrogens (primary N) is 1. The molecule has 3 N–H and O–H groups in total. The molecule has 152 valence electrons. The molecule has 1 unspecified atom stereocenters. The monoisotopic (exact) mass is 408 g/mol. The fourth-order valence-corrected chi connectivity index (χ4v) is 3.47. The van der Waals surface area contributed by atoms with Gasteiger partial charge in [-0.1, -0.05) is 36.4 Å². The van der Waals surface area contributed by atoms with E-state index in [1.807, 2.05) is 18.2 Å². The van der Waals surface area contributed by atoms with Gasteiger partial charge in [-0.2, -0.15) is 0 Å². The summed E-state index contributed by atoms with van der Waals surface area (Å²) >= 11 is 0. The topological polar surface area (TPSA) is 81.4 Å². The minimum Gasteiger partial charge on any atom is -0.487 e. The lowest BCUT2D eigenvalue weighted by Gasteiger charge is -2.14. The molecule has 1 atom stereocenters. The fraction of sp³-hybridized carbons (Fsp3) is 0.130. The molecule has 1 heterocycles. The molecule has 0 saturated carbocycles. The number of carbonyl (C=O) groups excluding carboxylic acids is 2. The molecule has 0 saturated heterocycles. The van der Waals surface area contributed by atoms with Crippen LogP contribution >= 0.6 is 0 Å². The summed E-state index contributed by atoms with van der Waals surface area (Å²) in [6.07, 6.45) is 0.223. The second kappa shape index (κ2) is 7.94. The van der Waals surface area contributed by atoms with Crippen LogP contribution < -0.4 is 15.8 Å². The number of hydrogen-bond donors (Lipinski definition) is 2. The largest absolute Gasteiger partial charge is 0.487 e. The van der Waals surface area contributed by atoms with Crippen molar-refractivity contribution in [3.05, 3.63) is 89.0 Å². The lowest BCUT2D eigenvalue weighted by Crippen LogP contribution is -2.35. The van der Waals surface area contributed by atoms with Gasteiger partial charge in [0.05, 0.1) is 12.1 Å². The molecular weight excluding hydrogens is 390 g/mol. The number of nitrogens with one attached hydrogen (secondary N) is 1. The van der Waals surface area contributed by atoms with Gasteiger partial charge < -0.3 is 15.8 Å². The van der Waals surface area contributed by atoms with Gasteiger partial charge in [0.15, 0.2) is 11.6 Å². The van der Waals surface area contributed by atoms with Crippen molar-refractivity contribution in [1.29, 1.82) is 0 Å². The Morgan fingerprint density at radius 1 is 1.03 bits per heavy atom. The Kier molecular flexibility index (Phi) is 5.18. The third-order valence-electron chi connectivity index (χ3n) is 5.00. The Balaban J connectivity index is 1.47. The Hall–Kier alpha value is -3.74. The Morgan fingerprint density at radius 3 is 2.50 bits per heavy atom. The molecule has 0 aliphatic carbocycles. The van der Waals surface area contributed by atoms with E-state index in [4.69, 9.17) is 10.5 Å². The number of benzene rings is 3. The zero-order valence-corrected chi connectivity index (χ0v) is 15.8. The van der Waals surface area contributed by atoms with E-state index in [0.29, 0.717) is 17.7 Å². The summed E-state index contributed by atoms with van der Waals surface area (Å²) in [4.78, 5) is 23.5. The van der Waals surface area contributed by atoms with Crippen LogP contribution in [0.2, 0.25) is 0 Å².